The summed E-state index contributed by atoms with van der Waals surface area (Å²) in [5, 5.41) is -1.90. The van der Waals surface area contributed by atoms with Crippen LogP contribution in [0.25, 0.3) is 0 Å². The summed E-state index contributed by atoms with van der Waals surface area (Å²) in [6.45, 7) is 8.25. The third-order valence-electron chi connectivity index (χ3n) is 5.18. The van der Waals surface area contributed by atoms with Crippen LogP contribution in [0.3, 0.4) is 0 Å². The average molecular weight is 459 g/mol. The second-order valence-electron chi connectivity index (χ2n) is 7.33. The highest BCUT2D eigenvalue weighted by molar-refractivity contribution is 7.55. The number of ether oxygens (including phenoxy) is 3. The van der Waals surface area contributed by atoms with E-state index in [0.717, 1.165) is 32.1 Å². The molecule has 1 saturated carbocycles. The Labute approximate surface area is 184 Å². The van der Waals surface area contributed by atoms with Crippen LogP contribution in [0, 0.1) is 0 Å². The zero-order valence-electron chi connectivity index (χ0n) is 19.1. The van der Waals surface area contributed by atoms with Gasteiger partial charge in [0.25, 0.3) is 0 Å². The predicted molar refractivity (Wildman–Crippen MR) is 115 cm³/mol. The minimum atomic E-state index is -4.07. The van der Waals surface area contributed by atoms with Crippen LogP contribution in [-0.2, 0) is 37.4 Å². The van der Waals surface area contributed by atoms with Crippen molar-refractivity contribution in [1.29, 1.82) is 0 Å². The van der Waals surface area contributed by atoms with Gasteiger partial charge in [-0.2, -0.15) is 0 Å². The SMILES string of the molecule is CCOC(=O)C1=C(C(=O)OCC)C(C)(P(=O)(OCC)OCC)OC1=NC1CCCCC1. The van der Waals surface area contributed by atoms with E-state index in [9.17, 15) is 14.2 Å². The Morgan fingerprint density at radius 1 is 0.968 bits per heavy atom. The van der Waals surface area contributed by atoms with E-state index in [1.54, 1.807) is 27.7 Å². The Balaban J connectivity index is 2.71. The summed E-state index contributed by atoms with van der Waals surface area (Å²) in [4.78, 5) is 30.6. The van der Waals surface area contributed by atoms with Gasteiger partial charge in [-0.05, 0) is 47.5 Å². The number of esters is 2. The first kappa shape index (κ1) is 25.6. The maximum atomic E-state index is 13.8. The van der Waals surface area contributed by atoms with Gasteiger partial charge >= 0.3 is 19.5 Å². The highest BCUT2D eigenvalue weighted by Gasteiger charge is 2.62. The van der Waals surface area contributed by atoms with E-state index in [4.69, 9.17) is 23.3 Å². The summed E-state index contributed by atoms with van der Waals surface area (Å²) < 4.78 is 41.2. The van der Waals surface area contributed by atoms with Crippen molar-refractivity contribution in [3.63, 3.8) is 0 Å². The van der Waals surface area contributed by atoms with Gasteiger partial charge in [0.1, 0.15) is 11.1 Å². The molecule has 0 aromatic carbocycles. The fraction of sp³-hybridized carbons (Fsp3) is 0.762. The van der Waals surface area contributed by atoms with E-state index in [1.807, 2.05) is 0 Å². The first-order valence-corrected chi connectivity index (χ1v) is 12.6. The molecule has 10 heteroatoms. The number of aliphatic imine (C=N–C) groups is 1. The molecule has 0 spiro atoms. The van der Waals surface area contributed by atoms with E-state index < -0.39 is 24.9 Å². The molecule has 0 radical (unpaired) electrons. The number of carbonyl (C=O) groups excluding carboxylic acids is 2. The highest BCUT2D eigenvalue weighted by Crippen LogP contribution is 2.66. The molecule has 1 heterocycles. The normalized spacial score (nSPS) is 23.7. The molecule has 1 unspecified atom stereocenters. The zero-order chi connectivity index (χ0) is 23.1. The van der Waals surface area contributed by atoms with Crippen LogP contribution in [0.1, 0.15) is 66.7 Å². The van der Waals surface area contributed by atoms with Gasteiger partial charge in [0.05, 0.1) is 32.5 Å². The van der Waals surface area contributed by atoms with Crippen molar-refractivity contribution in [3.8, 4) is 0 Å². The van der Waals surface area contributed by atoms with Crippen LogP contribution in [0.15, 0.2) is 16.1 Å². The number of nitrogens with zero attached hydrogens (tertiary/aromatic N) is 1. The summed E-state index contributed by atoms with van der Waals surface area (Å²) in [5.74, 6) is -1.71. The van der Waals surface area contributed by atoms with Gasteiger partial charge in [-0.25, -0.2) is 14.6 Å². The topological polar surface area (TPSA) is 110 Å². The first-order valence-electron chi connectivity index (χ1n) is 11.0. The second kappa shape index (κ2) is 11.2. The summed E-state index contributed by atoms with van der Waals surface area (Å²) in [5.41, 5.74) is -0.416. The summed E-state index contributed by atoms with van der Waals surface area (Å²) in [6.07, 6.45) is 4.82. The van der Waals surface area contributed by atoms with Crippen molar-refractivity contribution in [2.45, 2.75) is 78.1 Å². The van der Waals surface area contributed by atoms with Crippen molar-refractivity contribution in [2.24, 2.45) is 4.99 Å². The lowest BCUT2D eigenvalue weighted by molar-refractivity contribution is -0.141. The number of hydrogen-bond acceptors (Lipinski definition) is 9. The molecule has 0 saturated heterocycles. The molecular formula is C21H34NO8P. The summed E-state index contributed by atoms with van der Waals surface area (Å²) in [7, 11) is -4.07. The Kier molecular flexibility index (Phi) is 9.28. The van der Waals surface area contributed by atoms with Crippen LogP contribution < -0.4 is 0 Å². The lowest BCUT2D eigenvalue weighted by Gasteiger charge is -2.33. The minimum Gasteiger partial charge on any atom is -0.462 e. The molecule has 1 aliphatic heterocycles. The van der Waals surface area contributed by atoms with Crippen molar-refractivity contribution >= 4 is 25.4 Å². The molecule has 0 aromatic heterocycles. The maximum absolute atomic E-state index is 13.8. The number of hydrogen-bond donors (Lipinski definition) is 0. The van der Waals surface area contributed by atoms with Crippen LogP contribution in [0.5, 0.6) is 0 Å². The van der Waals surface area contributed by atoms with E-state index in [1.165, 1.54) is 6.92 Å². The molecule has 1 fully saturated rings. The minimum absolute atomic E-state index is 0.0518. The molecule has 9 nitrogen and oxygen atoms in total. The lowest BCUT2D eigenvalue weighted by atomic mass is 9.96. The first-order chi connectivity index (χ1) is 14.8. The maximum Gasteiger partial charge on any atom is 0.378 e. The second-order valence-corrected chi connectivity index (χ2v) is 9.70. The van der Waals surface area contributed by atoms with Crippen LogP contribution in [0.4, 0.5) is 0 Å². The smallest absolute Gasteiger partial charge is 0.378 e. The molecule has 2 aliphatic rings. The van der Waals surface area contributed by atoms with Gasteiger partial charge in [0, 0.05) is 0 Å². The third-order valence-corrected chi connectivity index (χ3v) is 7.73. The Morgan fingerprint density at radius 3 is 2.03 bits per heavy atom. The average Bonchev–Trinajstić information content (AvgIpc) is 3.03. The quantitative estimate of drug-likeness (QED) is 0.354. The van der Waals surface area contributed by atoms with Crippen molar-refractivity contribution in [2.75, 3.05) is 26.4 Å². The van der Waals surface area contributed by atoms with E-state index in [-0.39, 0.29) is 49.5 Å². The summed E-state index contributed by atoms with van der Waals surface area (Å²) in [6, 6.07) is -0.0717. The predicted octanol–water partition coefficient (Wildman–Crippen LogP) is 4.15. The van der Waals surface area contributed by atoms with Crippen molar-refractivity contribution in [1.82, 2.24) is 0 Å². The van der Waals surface area contributed by atoms with Gasteiger partial charge in [-0.15, -0.1) is 0 Å². The Bertz CT molecular complexity index is 761. The fourth-order valence-electron chi connectivity index (χ4n) is 3.80. The number of carbonyl (C=O) groups is 2. The largest absolute Gasteiger partial charge is 0.462 e. The zero-order valence-corrected chi connectivity index (χ0v) is 20.0. The number of rotatable bonds is 10. The van der Waals surface area contributed by atoms with Crippen LogP contribution >= 0.6 is 7.60 Å². The highest BCUT2D eigenvalue weighted by atomic mass is 31.2. The standard InChI is InChI=1S/C21H34NO8P/c1-6-26-19(23)16-17(20(24)27-7-2)21(5,31(25,28-8-3)29-9-4)30-18(16)22-15-13-11-10-12-14-15/h15H,6-14H2,1-5H3. The molecular weight excluding hydrogens is 425 g/mol. The molecule has 0 bridgehead atoms. The van der Waals surface area contributed by atoms with Gasteiger partial charge in [0.2, 0.25) is 11.2 Å². The molecule has 31 heavy (non-hydrogen) atoms. The van der Waals surface area contributed by atoms with E-state index in [2.05, 4.69) is 4.99 Å². The van der Waals surface area contributed by atoms with E-state index in [0.29, 0.717) is 0 Å². The van der Waals surface area contributed by atoms with Gasteiger partial charge in [-0.1, -0.05) is 19.3 Å². The van der Waals surface area contributed by atoms with Crippen LogP contribution in [0.2, 0.25) is 0 Å². The van der Waals surface area contributed by atoms with Gasteiger partial charge in [0.15, 0.2) is 0 Å². The molecule has 1 atom stereocenters. The van der Waals surface area contributed by atoms with Gasteiger partial charge in [-0.3, -0.25) is 4.57 Å². The van der Waals surface area contributed by atoms with Crippen LogP contribution in [-0.4, -0.2) is 55.6 Å². The molecule has 0 N–H and O–H groups in total. The lowest BCUT2D eigenvalue weighted by Crippen LogP contribution is -2.34. The monoisotopic (exact) mass is 459 g/mol. The molecule has 0 aromatic rings. The van der Waals surface area contributed by atoms with Crippen molar-refractivity contribution < 1.29 is 37.4 Å². The molecule has 2 rings (SSSR count). The molecule has 1 aliphatic carbocycles. The third kappa shape index (κ3) is 5.38. The molecule has 0 amide bonds. The Hall–Kier alpha value is -1.70. The molecule has 176 valence electrons. The van der Waals surface area contributed by atoms with E-state index >= 15 is 0 Å². The van der Waals surface area contributed by atoms with Crippen molar-refractivity contribution in [3.05, 3.63) is 11.1 Å². The van der Waals surface area contributed by atoms with Gasteiger partial charge < -0.3 is 23.3 Å². The fourth-order valence-corrected chi connectivity index (χ4v) is 5.72. The Morgan fingerprint density at radius 2 is 1.52 bits per heavy atom. The summed E-state index contributed by atoms with van der Waals surface area (Å²) >= 11 is 0.